The average molecular weight is 482 g/mol. The predicted molar refractivity (Wildman–Crippen MR) is 124 cm³/mol. The molecule has 0 aliphatic carbocycles. The number of carbonyl (C=O) groups excluding carboxylic acids is 1. The van der Waals surface area contributed by atoms with Crippen LogP contribution < -0.4 is 5.32 Å². The zero-order valence-electron chi connectivity index (χ0n) is 18.4. The summed E-state index contributed by atoms with van der Waals surface area (Å²) in [6, 6.07) is 8.75. The third-order valence-corrected chi connectivity index (χ3v) is 6.60. The van der Waals surface area contributed by atoms with Gasteiger partial charge in [-0.2, -0.15) is 5.10 Å². The Bertz CT molecular complexity index is 837. The number of hydrogen-bond donors (Lipinski definition) is 1. The van der Waals surface area contributed by atoms with E-state index < -0.39 is 19.8 Å². The van der Waals surface area contributed by atoms with Crippen LogP contribution in [0.2, 0.25) is 25.7 Å². The predicted octanol–water partition coefficient (Wildman–Crippen LogP) is 6.28. The number of carbonyl (C=O) groups is 1. The molecule has 0 unspecified atom stereocenters. The van der Waals surface area contributed by atoms with Crippen molar-refractivity contribution in [2.24, 2.45) is 0 Å². The molecular formula is C21H32BrN3O3Si. The topological polar surface area (TPSA) is 65.4 Å². The fourth-order valence-corrected chi connectivity index (χ4v) is 4.09. The van der Waals surface area contributed by atoms with E-state index in [4.69, 9.17) is 9.47 Å². The lowest BCUT2D eigenvalue weighted by molar-refractivity contribution is 0.0636. The summed E-state index contributed by atoms with van der Waals surface area (Å²) in [4.78, 5) is 11.9. The lowest BCUT2D eigenvalue weighted by atomic mass is 10.1. The Morgan fingerprint density at radius 3 is 2.38 bits per heavy atom. The van der Waals surface area contributed by atoms with Gasteiger partial charge in [0, 0.05) is 25.9 Å². The Kier molecular flexibility index (Phi) is 7.70. The molecule has 0 saturated heterocycles. The Morgan fingerprint density at radius 1 is 1.21 bits per heavy atom. The third-order valence-electron chi connectivity index (χ3n) is 4.09. The second-order valence-corrected chi connectivity index (χ2v) is 15.7. The first-order valence-electron chi connectivity index (χ1n) is 9.77. The first kappa shape index (κ1) is 23.6. The molecule has 1 amide bonds. The van der Waals surface area contributed by atoms with Gasteiger partial charge in [-0.15, -0.1) is 0 Å². The summed E-state index contributed by atoms with van der Waals surface area (Å²) in [7, 11) is -1.10. The second kappa shape index (κ2) is 9.45. The minimum absolute atomic E-state index is 0.421. The largest absolute Gasteiger partial charge is 0.444 e. The summed E-state index contributed by atoms with van der Waals surface area (Å²) >= 11 is 3.66. The minimum atomic E-state index is -1.10. The molecule has 0 aliphatic heterocycles. The number of benzene rings is 1. The van der Waals surface area contributed by atoms with E-state index in [-0.39, 0.29) is 0 Å². The van der Waals surface area contributed by atoms with Crippen LogP contribution in [0.4, 0.5) is 10.5 Å². The highest BCUT2D eigenvalue weighted by Gasteiger charge is 2.18. The Labute approximate surface area is 183 Å². The summed E-state index contributed by atoms with van der Waals surface area (Å²) < 4.78 is 13.8. The van der Waals surface area contributed by atoms with E-state index in [0.717, 1.165) is 34.1 Å². The van der Waals surface area contributed by atoms with Crippen molar-refractivity contribution in [1.29, 1.82) is 0 Å². The van der Waals surface area contributed by atoms with E-state index in [1.807, 2.05) is 56.6 Å². The van der Waals surface area contributed by atoms with Gasteiger partial charge < -0.3 is 9.47 Å². The molecule has 1 heterocycles. The van der Waals surface area contributed by atoms with Gasteiger partial charge in [0.1, 0.15) is 16.9 Å². The van der Waals surface area contributed by atoms with Crippen LogP contribution in [0.25, 0.3) is 11.1 Å². The van der Waals surface area contributed by atoms with E-state index in [2.05, 4.69) is 46.0 Å². The van der Waals surface area contributed by atoms with Crippen molar-refractivity contribution in [3.8, 4) is 11.1 Å². The van der Waals surface area contributed by atoms with Crippen LogP contribution in [-0.4, -0.2) is 36.2 Å². The molecule has 160 valence electrons. The molecule has 0 radical (unpaired) electrons. The number of amides is 1. The first-order valence-corrected chi connectivity index (χ1v) is 14.3. The molecule has 2 aromatic rings. The second-order valence-electron chi connectivity index (χ2n) is 9.30. The van der Waals surface area contributed by atoms with Gasteiger partial charge in [0.15, 0.2) is 0 Å². The Morgan fingerprint density at radius 2 is 1.83 bits per heavy atom. The molecule has 2 rings (SSSR count). The van der Waals surface area contributed by atoms with Crippen molar-refractivity contribution in [2.75, 3.05) is 11.9 Å². The molecule has 0 saturated carbocycles. The summed E-state index contributed by atoms with van der Waals surface area (Å²) in [5, 5.41) is 7.35. The molecule has 0 spiro atoms. The minimum Gasteiger partial charge on any atom is -0.444 e. The van der Waals surface area contributed by atoms with Crippen LogP contribution in [0.5, 0.6) is 0 Å². The molecule has 29 heavy (non-hydrogen) atoms. The van der Waals surface area contributed by atoms with Crippen LogP contribution in [0.3, 0.4) is 0 Å². The highest BCUT2D eigenvalue weighted by Crippen LogP contribution is 2.32. The van der Waals surface area contributed by atoms with Gasteiger partial charge in [-0.05, 0) is 67.4 Å². The van der Waals surface area contributed by atoms with E-state index in [1.165, 1.54) is 0 Å². The van der Waals surface area contributed by atoms with Gasteiger partial charge in [-0.3, -0.25) is 5.32 Å². The van der Waals surface area contributed by atoms with Crippen molar-refractivity contribution in [2.45, 2.75) is 65.7 Å². The maximum atomic E-state index is 11.9. The number of rotatable bonds is 7. The molecule has 1 N–H and O–H groups in total. The zero-order chi connectivity index (χ0) is 21.8. The van der Waals surface area contributed by atoms with Crippen molar-refractivity contribution in [3.63, 3.8) is 0 Å². The molecular weight excluding hydrogens is 450 g/mol. The molecule has 0 aliphatic rings. The molecule has 0 atom stereocenters. The number of ether oxygens (including phenoxy) is 2. The highest BCUT2D eigenvalue weighted by atomic mass is 79.9. The summed E-state index contributed by atoms with van der Waals surface area (Å²) in [5.74, 6) is 0. The number of aromatic nitrogens is 2. The lowest BCUT2D eigenvalue weighted by Gasteiger charge is -2.19. The average Bonchev–Trinajstić information content (AvgIpc) is 2.84. The van der Waals surface area contributed by atoms with Crippen LogP contribution in [0.15, 0.2) is 28.9 Å². The van der Waals surface area contributed by atoms with E-state index in [1.54, 1.807) is 0 Å². The lowest BCUT2D eigenvalue weighted by Crippen LogP contribution is -2.27. The maximum absolute atomic E-state index is 11.9. The third kappa shape index (κ3) is 7.60. The summed E-state index contributed by atoms with van der Waals surface area (Å²) in [6.45, 7) is 15.7. The molecule has 1 aromatic carbocycles. The smallest absolute Gasteiger partial charge is 0.412 e. The number of hydrogen-bond acceptors (Lipinski definition) is 4. The molecule has 8 heteroatoms. The Balaban J connectivity index is 2.05. The molecule has 0 bridgehead atoms. The van der Waals surface area contributed by atoms with Gasteiger partial charge in [0.05, 0.1) is 5.69 Å². The Hall–Kier alpha value is -1.64. The van der Waals surface area contributed by atoms with E-state index in [9.17, 15) is 4.79 Å². The van der Waals surface area contributed by atoms with Gasteiger partial charge >= 0.3 is 6.09 Å². The number of anilines is 1. The normalized spacial score (nSPS) is 12.1. The van der Waals surface area contributed by atoms with Crippen LogP contribution in [0.1, 0.15) is 26.5 Å². The van der Waals surface area contributed by atoms with Crippen LogP contribution in [0, 0.1) is 6.92 Å². The van der Waals surface area contributed by atoms with Crippen molar-refractivity contribution >= 4 is 35.8 Å². The quantitative estimate of drug-likeness (QED) is 0.373. The van der Waals surface area contributed by atoms with E-state index in [0.29, 0.717) is 12.4 Å². The number of nitrogens with zero attached hydrogens (tertiary/aromatic N) is 2. The van der Waals surface area contributed by atoms with Gasteiger partial charge in [0.25, 0.3) is 0 Å². The van der Waals surface area contributed by atoms with Crippen LogP contribution >= 0.6 is 15.9 Å². The van der Waals surface area contributed by atoms with Crippen molar-refractivity contribution < 1.29 is 14.3 Å². The number of nitrogens with one attached hydrogen (secondary N) is 1. The summed E-state index contributed by atoms with van der Waals surface area (Å²) in [5.41, 5.74) is 3.09. The fourth-order valence-electron chi connectivity index (χ4n) is 2.64. The van der Waals surface area contributed by atoms with E-state index >= 15 is 0 Å². The number of halogens is 1. The SMILES string of the molecule is Cc1nn(COCC[Si](C)(C)C)c(Br)c1-c1ccc(NC(=O)OC(C)(C)C)cc1. The zero-order valence-corrected chi connectivity index (χ0v) is 21.0. The van der Waals surface area contributed by atoms with Crippen LogP contribution in [-0.2, 0) is 16.2 Å². The standard InChI is InChI=1S/C21H32BrN3O3Si/c1-15-18(19(22)25(24-15)14-27-12-13-29(5,6)7)16-8-10-17(11-9-16)23-20(26)28-21(2,3)4/h8-11H,12-14H2,1-7H3,(H,23,26). The van der Waals surface area contributed by atoms with Gasteiger partial charge in [-0.25, -0.2) is 9.48 Å². The molecule has 6 nitrogen and oxygen atoms in total. The summed E-state index contributed by atoms with van der Waals surface area (Å²) in [6.07, 6.45) is -0.467. The highest BCUT2D eigenvalue weighted by molar-refractivity contribution is 9.10. The maximum Gasteiger partial charge on any atom is 0.412 e. The molecule has 0 fully saturated rings. The fraction of sp³-hybridized carbons (Fsp3) is 0.524. The molecule has 1 aromatic heterocycles. The van der Waals surface area contributed by atoms with Crippen molar-refractivity contribution in [1.82, 2.24) is 9.78 Å². The van der Waals surface area contributed by atoms with Crippen molar-refractivity contribution in [3.05, 3.63) is 34.6 Å². The first-order chi connectivity index (χ1) is 13.4. The van der Waals surface area contributed by atoms with Gasteiger partial charge in [0.2, 0.25) is 0 Å². The van der Waals surface area contributed by atoms with Gasteiger partial charge in [-0.1, -0.05) is 31.8 Å². The monoisotopic (exact) mass is 481 g/mol. The number of aryl methyl sites for hydroxylation is 1.